The molecule has 0 radical (unpaired) electrons. The summed E-state index contributed by atoms with van der Waals surface area (Å²) in [5, 5.41) is 46.3. The SMILES string of the molecule is OC1CC(O)CC(O)C(O)C(O)C1. The van der Waals surface area contributed by atoms with Crippen molar-refractivity contribution in [3.63, 3.8) is 0 Å². The maximum Gasteiger partial charge on any atom is 0.106 e. The third kappa shape index (κ3) is 2.89. The van der Waals surface area contributed by atoms with Gasteiger partial charge in [-0.3, -0.25) is 0 Å². The smallest absolute Gasteiger partial charge is 0.106 e. The van der Waals surface area contributed by atoms with Gasteiger partial charge in [0.1, 0.15) is 6.10 Å². The van der Waals surface area contributed by atoms with E-state index in [9.17, 15) is 25.5 Å². The molecule has 0 heterocycles. The van der Waals surface area contributed by atoms with E-state index in [0.29, 0.717) is 0 Å². The van der Waals surface area contributed by atoms with Gasteiger partial charge in [-0.05, 0) is 6.42 Å². The Balaban J connectivity index is 2.59. The molecule has 0 aromatic carbocycles. The fourth-order valence-electron chi connectivity index (χ4n) is 1.60. The summed E-state index contributed by atoms with van der Waals surface area (Å²) in [6.07, 6.45) is -5.11. The van der Waals surface area contributed by atoms with Gasteiger partial charge in [0.25, 0.3) is 0 Å². The average molecular weight is 192 g/mol. The third-order valence-corrected chi connectivity index (χ3v) is 2.36. The summed E-state index contributed by atoms with van der Waals surface area (Å²) < 4.78 is 0. The Labute approximate surface area is 76.3 Å². The number of aliphatic hydroxyl groups is 5. The van der Waals surface area contributed by atoms with E-state index in [-0.39, 0.29) is 19.3 Å². The molecule has 1 rings (SSSR count). The molecule has 0 saturated heterocycles. The molecule has 1 fully saturated rings. The van der Waals surface area contributed by atoms with Crippen LogP contribution in [0.1, 0.15) is 19.3 Å². The predicted molar refractivity (Wildman–Crippen MR) is 43.9 cm³/mol. The van der Waals surface area contributed by atoms with E-state index in [4.69, 9.17) is 0 Å². The molecule has 0 spiro atoms. The Bertz CT molecular complexity index is 147. The zero-order valence-electron chi connectivity index (χ0n) is 7.24. The van der Waals surface area contributed by atoms with Crippen LogP contribution in [0.3, 0.4) is 0 Å². The van der Waals surface area contributed by atoms with Crippen LogP contribution in [0.15, 0.2) is 0 Å². The largest absolute Gasteiger partial charge is 0.393 e. The fourth-order valence-corrected chi connectivity index (χ4v) is 1.60. The maximum atomic E-state index is 9.26. The van der Waals surface area contributed by atoms with Gasteiger partial charge < -0.3 is 25.5 Å². The molecule has 0 aromatic rings. The van der Waals surface area contributed by atoms with Crippen LogP contribution >= 0.6 is 0 Å². The number of hydrogen-bond acceptors (Lipinski definition) is 5. The Hall–Kier alpha value is -0.200. The highest BCUT2D eigenvalue weighted by molar-refractivity contribution is 4.83. The van der Waals surface area contributed by atoms with Gasteiger partial charge in [0, 0.05) is 12.8 Å². The number of aliphatic hydroxyl groups excluding tert-OH is 5. The van der Waals surface area contributed by atoms with Crippen molar-refractivity contribution >= 4 is 0 Å². The first-order valence-corrected chi connectivity index (χ1v) is 4.41. The summed E-state index contributed by atoms with van der Waals surface area (Å²) >= 11 is 0. The summed E-state index contributed by atoms with van der Waals surface area (Å²) in [6, 6.07) is 0. The summed E-state index contributed by atoms with van der Waals surface area (Å²) in [5.74, 6) is 0. The Kier molecular flexibility index (Phi) is 3.63. The van der Waals surface area contributed by atoms with Crippen molar-refractivity contribution in [2.45, 2.75) is 49.8 Å². The molecular formula is C8H16O5. The molecule has 5 heteroatoms. The molecule has 1 aliphatic rings. The van der Waals surface area contributed by atoms with E-state index in [1.165, 1.54) is 0 Å². The average Bonchev–Trinajstić information content (AvgIpc) is 2.00. The van der Waals surface area contributed by atoms with Gasteiger partial charge in [0.05, 0.1) is 24.4 Å². The van der Waals surface area contributed by atoms with Crippen LogP contribution in [0.25, 0.3) is 0 Å². The van der Waals surface area contributed by atoms with E-state index in [2.05, 4.69) is 0 Å². The van der Waals surface area contributed by atoms with Crippen molar-refractivity contribution in [1.82, 2.24) is 0 Å². The Morgan fingerprint density at radius 2 is 1.00 bits per heavy atom. The number of hydrogen-bond donors (Lipinski definition) is 5. The summed E-state index contributed by atoms with van der Waals surface area (Å²) in [6.45, 7) is 0. The lowest BCUT2D eigenvalue weighted by atomic mass is 9.91. The van der Waals surface area contributed by atoms with Crippen LogP contribution in [-0.4, -0.2) is 56.1 Å². The Morgan fingerprint density at radius 3 is 1.38 bits per heavy atom. The van der Waals surface area contributed by atoms with Gasteiger partial charge in [-0.25, -0.2) is 0 Å². The van der Waals surface area contributed by atoms with Crippen LogP contribution in [-0.2, 0) is 0 Å². The summed E-state index contributed by atoms with van der Waals surface area (Å²) in [4.78, 5) is 0. The van der Waals surface area contributed by atoms with Gasteiger partial charge in [0.15, 0.2) is 0 Å². The van der Waals surface area contributed by atoms with Crippen molar-refractivity contribution in [3.8, 4) is 0 Å². The number of rotatable bonds is 0. The van der Waals surface area contributed by atoms with Gasteiger partial charge in [-0.1, -0.05) is 0 Å². The molecule has 0 aliphatic heterocycles. The van der Waals surface area contributed by atoms with Crippen molar-refractivity contribution in [2.75, 3.05) is 0 Å². The molecule has 5 nitrogen and oxygen atoms in total. The molecular weight excluding hydrogens is 176 g/mol. The van der Waals surface area contributed by atoms with E-state index in [1.54, 1.807) is 0 Å². The zero-order chi connectivity index (χ0) is 10.0. The lowest BCUT2D eigenvalue weighted by Gasteiger charge is -2.30. The lowest BCUT2D eigenvalue weighted by Crippen LogP contribution is -2.44. The van der Waals surface area contributed by atoms with Gasteiger partial charge >= 0.3 is 0 Å². The minimum Gasteiger partial charge on any atom is -0.393 e. The summed E-state index contributed by atoms with van der Waals surface area (Å²) in [7, 11) is 0. The standard InChI is InChI=1S/C8H16O5/c9-4-1-5(10)3-7(12)8(13)6(11)2-4/h4-13H,1-3H2. The van der Waals surface area contributed by atoms with Crippen LogP contribution in [0.4, 0.5) is 0 Å². The first kappa shape index (κ1) is 10.9. The molecule has 5 N–H and O–H groups in total. The lowest BCUT2D eigenvalue weighted by molar-refractivity contribution is -0.104. The van der Waals surface area contributed by atoms with Crippen molar-refractivity contribution in [2.24, 2.45) is 0 Å². The summed E-state index contributed by atoms with van der Waals surface area (Å²) in [5.41, 5.74) is 0. The first-order valence-electron chi connectivity index (χ1n) is 4.41. The Morgan fingerprint density at radius 1 is 0.615 bits per heavy atom. The van der Waals surface area contributed by atoms with Gasteiger partial charge in [-0.2, -0.15) is 0 Å². The van der Waals surface area contributed by atoms with E-state index >= 15 is 0 Å². The van der Waals surface area contributed by atoms with E-state index in [0.717, 1.165) is 0 Å². The minimum absolute atomic E-state index is 0.0186. The molecule has 4 unspecified atom stereocenters. The van der Waals surface area contributed by atoms with Crippen LogP contribution in [0.2, 0.25) is 0 Å². The van der Waals surface area contributed by atoms with Crippen molar-refractivity contribution < 1.29 is 25.5 Å². The molecule has 4 atom stereocenters. The fraction of sp³-hybridized carbons (Fsp3) is 1.00. The molecule has 13 heavy (non-hydrogen) atoms. The topological polar surface area (TPSA) is 101 Å². The third-order valence-electron chi connectivity index (χ3n) is 2.36. The van der Waals surface area contributed by atoms with Crippen LogP contribution in [0.5, 0.6) is 0 Å². The highest BCUT2D eigenvalue weighted by atomic mass is 16.4. The first-order chi connectivity index (χ1) is 6.00. The second-order valence-electron chi connectivity index (χ2n) is 3.64. The molecule has 0 bridgehead atoms. The van der Waals surface area contributed by atoms with Crippen LogP contribution in [0, 0.1) is 0 Å². The normalized spacial score (nSPS) is 48.2. The highest BCUT2D eigenvalue weighted by Gasteiger charge is 2.32. The highest BCUT2D eigenvalue weighted by Crippen LogP contribution is 2.19. The van der Waals surface area contributed by atoms with Gasteiger partial charge in [0.2, 0.25) is 0 Å². The second kappa shape index (κ2) is 4.34. The molecule has 1 saturated carbocycles. The second-order valence-corrected chi connectivity index (χ2v) is 3.64. The monoisotopic (exact) mass is 192 g/mol. The molecule has 0 amide bonds. The quantitative estimate of drug-likeness (QED) is 0.305. The molecule has 0 aromatic heterocycles. The predicted octanol–water partition coefficient (Wildman–Crippen LogP) is -2.03. The zero-order valence-corrected chi connectivity index (χ0v) is 7.24. The van der Waals surface area contributed by atoms with Crippen molar-refractivity contribution in [3.05, 3.63) is 0 Å². The van der Waals surface area contributed by atoms with Crippen molar-refractivity contribution in [1.29, 1.82) is 0 Å². The maximum absolute atomic E-state index is 9.26. The van der Waals surface area contributed by atoms with Gasteiger partial charge in [-0.15, -0.1) is 0 Å². The molecule has 78 valence electrons. The van der Waals surface area contributed by atoms with E-state index in [1.807, 2.05) is 0 Å². The minimum atomic E-state index is -1.29. The van der Waals surface area contributed by atoms with E-state index < -0.39 is 30.5 Å². The molecule has 1 aliphatic carbocycles. The van der Waals surface area contributed by atoms with Crippen LogP contribution < -0.4 is 0 Å².